The molecule has 1 rings (SSSR count). The average Bonchev–Trinajstić information content (AvgIpc) is 2.44. The van der Waals surface area contributed by atoms with E-state index in [0.717, 1.165) is 38.8 Å². The molecule has 2 N–H and O–H groups in total. The van der Waals surface area contributed by atoms with E-state index in [0.29, 0.717) is 26.4 Å². The second-order valence-corrected chi connectivity index (χ2v) is 5.14. The largest absolute Gasteiger partial charge is 0.382 e. The van der Waals surface area contributed by atoms with Crippen LogP contribution in [0.3, 0.4) is 0 Å². The number of hydrogen-bond donors (Lipinski definition) is 2. The molecule has 0 aromatic rings. The van der Waals surface area contributed by atoms with E-state index >= 15 is 0 Å². The number of ether oxygens (including phenoxy) is 2. The van der Waals surface area contributed by atoms with Gasteiger partial charge in [0.25, 0.3) is 0 Å². The van der Waals surface area contributed by atoms with E-state index < -0.39 is 0 Å². The van der Waals surface area contributed by atoms with Crippen LogP contribution in [0.2, 0.25) is 0 Å². The van der Waals surface area contributed by atoms with Gasteiger partial charge in [0.1, 0.15) is 0 Å². The normalized spacial score (nSPS) is 18.2. The van der Waals surface area contributed by atoms with Gasteiger partial charge in [-0.3, -0.25) is 4.79 Å². The first-order chi connectivity index (χ1) is 9.25. The Morgan fingerprint density at radius 3 is 2.63 bits per heavy atom. The van der Waals surface area contributed by atoms with Gasteiger partial charge in [0.15, 0.2) is 0 Å². The molecule has 0 aromatic carbocycles. The molecule has 0 unspecified atom stereocenters. The van der Waals surface area contributed by atoms with Crippen LogP contribution in [0.15, 0.2) is 0 Å². The van der Waals surface area contributed by atoms with Gasteiger partial charge in [0, 0.05) is 13.7 Å². The van der Waals surface area contributed by atoms with Crippen molar-refractivity contribution >= 4 is 5.91 Å². The van der Waals surface area contributed by atoms with Gasteiger partial charge in [-0.25, -0.2) is 0 Å². The minimum absolute atomic E-state index is 0.160. The molecule has 1 saturated heterocycles. The van der Waals surface area contributed by atoms with Gasteiger partial charge in [-0.1, -0.05) is 13.3 Å². The number of nitrogens with one attached hydrogen (secondary N) is 2. The minimum atomic E-state index is -0.160. The first-order valence-corrected chi connectivity index (χ1v) is 7.31. The molecule has 1 heterocycles. The molecule has 0 saturated carbocycles. The van der Waals surface area contributed by atoms with Crippen molar-refractivity contribution in [1.29, 1.82) is 0 Å². The quantitative estimate of drug-likeness (QED) is 0.613. The monoisotopic (exact) mass is 272 g/mol. The number of hydrogen-bond acceptors (Lipinski definition) is 4. The van der Waals surface area contributed by atoms with Gasteiger partial charge in [0.2, 0.25) is 5.91 Å². The van der Waals surface area contributed by atoms with Crippen LogP contribution in [0.25, 0.3) is 0 Å². The molecule has 0 aromatic heterocycles. The third-order valence-electron chi connectivity index (χ3n) is 3.73. The van der Waals surface area contributed by atoms with E-state index in [1.807, 2.05) is 0 Å². The third-order valence-corrected chi connectivity index (χ3v) is 3.73. The van der Waals surface area contributed by atoms with Gasteiger partial charge in [-0.15, -0.1) is 0 Å². The molecule has 1 aliphatic rings. The Bertz CT molecular complexity index is 248. The van der Waals surface area contributed by atoms with Gasteiger partial charge < -0.3 is 20.1 Å². The summed E-state index contributed by atoms with van der Waals surface area (Å²) in [7, 11) is 1.65. The fraction of sp³-hybridized carbons (Fsp3) is 0.929. The zero-order valence-electron chi connectivity index (χ0n) is 12.3. The van der Waals surface area contributed by atoms with Crippen LogP contribution in [-0.2, 0) is 14.3 Å². The summed E-state index contributed by atoms with van der Waals surface area (Å²) in [5, 5.41) is 6.35. The number of piperidine rings is 1. The van der Waals surface area contributed by atoms with Crippen LogP contribution in [0.5, 0.6) is 0 Å². The minimum Gasteiger partial charge on any atom is -0.382 e. The summed E-state index contributed by atoms with van der Waals surface area (Å²) in [4.78, 5) is 12.4. The van der Waals surface area contributed by atoms with Crippen LogP contribution >= 0.6 is 0 Å². The van der Waals surface area contributed by atoms with Crippen LogP contribution < -0.4 is 10.6 Å². The van der Waals surface area contributed by atoms with E-state index in [1.54, 1.807) is 7.11 Å². The van der Waals surface area contributed by atoms with Gasteiger partial charge in [-0.05, 0) is 32.4 Å². The lowest BCUT2D eigenvalue weighted by Gasteiger charge is -2.36. The van der Waals surface area contributed by atoms with E-state index in [2.05, 4.69) is 17.6 Å². The first kappa shape index (κ1) is 16.4. The average molecular weight is 272 g/mol. The van der Waals surface area contributed by atoms with E-state index in [-0.39, 0.29) is 11.3 Å². The predicted octanol–water partition coefficient (Wildman–Crippen LogP) is 0.936. The Balaban J connectivity index is 2.28. The number of methoxy groups -OCH3 is 1. The van der Waals surface area contributed by atoms with Crippen molar-refractivity contribution in [3.63, 3.8) is 0 Å². The van der Waals surface area contributed by atoms with Crippen LogP contribution in [0, 0.1) is 5.41 Å². The summed E-state index contributed by atoms with van der Waals surface area (Å²) in [6, 6.07) is 0. The van der Waals surface area contributed by atoms with Crippen molar-refractivity contribution in [3.8, 4) is 0 Å². The molecule has 1 fully saturated rings. The Morgan fingerprint density at radius 2 is 2.00 bits per heavy atom. The highest BCUT2D eigenvalue weighted by atomic mass is 16.5. The van der Waals surface area contributed by atoms with Gasteiger partial charge >= 0.3 is 0 Å². The van der Waals surface area contributed by atoms with Crippen LogP contribution in [0.1, 0.15) is 32.6 Å². The summed E-state index contributed by atoms with van der Waals surface area (Å²) in [6.45, 7) is 6.34. The summed E-state index contributed by atoms with van der Waals surface area (Å²) in [6.07, 6.45) is 3.91. The molecule has 0 aliphatic carbocycles. The zero-order valence-corrected chi connectivity index (χ0v) is 12.3. The summed E-state index contributed by atoms with van der Waals surface area (Å²) in [5.74, 6) is 0.200. The van der Waals surface area contributed by atoms with Crippen molar-refractivity contribution in [1.82, 2.24) is 10.6 Å². The molecule has 5 nitrogen and oxygen atoms in total. The summed E-state index contributed by atoms with van der Waals surface area (Å²) in [5.41, 5.74) is -0.160. The lowest BCUT2D eigenvalue weighted by molar-refractivity contribution is -0.133. The van der Waals surface area contributed by atoms with E-state index in [1.165, 1.54) is 0 Å². The number of amides is 1. The molecule has 0 spiro atoms. The third kappa shape index (κ3) is 5.47. The van der Waals surface area contributed by atoms with E-state index in [9.17, 15) is 4.79 Å². The molecule has 1 aliphatic heterocycles. The van der Waals surface area contributed by atoms with Crippen molar-refractivity contribution in [2.45, 2.75) is 32.6 Å². The van der Waals surface area contributed by atoms with Crippen molar-refractivity contribution in [2.24, 2.45) is 5.41 Å². The molecule has 112 valence electrons. The second kappa shape index (κ2) is 9.28. The highest BCUT2D eigenvalue weighted by Crippen LogP contribution is 2.34. The predicted molar refractivity (Wildman–Crippen MR) is 75.1 cm³/mol. The molecule has 1 amide bonds. The smallest absolute Gasteiger partial charge is 0.226 e. The van der Waals surface area contributed by atoms with Crippen LogP contribution in [-0.4, -0.2) is 52.5 Å². The Kier molecular flexibility index (Phi) is 8.02. The zero-order chi connectivity index (χ0) is 14.0. The van der Waals surface area contributed by atoms with Crippen LogP contribution in [0.4, 0.5) is 0 Å². The molecule has 0 bridgehead atoms. The number of rotatable bonds is 9. The fourth-order valence-electron chi connectivity index (χ4n) is 2.64. The second-order valence-electron chi connectivity index (χ2n) is 5.14. The van der Waals surface area contributed by atoms with Crippen molar-refractivity contribution < 1.29 is 14.3 Å². The van der Waals surface area contributed by atoms with Crippen molar-refractivity contribution in [3.05, 3.63) is 0 Å². The molecule has 5 heteroatoms. The van der Waals surface area contributed by atoms with Gasteiger partial charge in [-0.2, -0.15) is 0 Å². The highest BCUT2D eigenvalue weighted by Gasteiger charge is 2.38. The van der Waals surface area contributed by atoms with E-state index in [4.69, 9.17) is 9.47 Å². The maximum absolute atomic E-state index is 12.4. The lowest BCUT2D eigenvalue weighted by Crippen LogP contribution is -2.48. The Hall–Kier alpha value is -0.650. The fourth-order valence-corrected chi connectivity index (χ4v) is 2.64. The molecular formula is C14H28N2O3. The summed E-state index contributed by atoms with van der Waals surface area (Å²) >= 11 is 0. The Morgan fingerprint density at radius 1 is 1.26 bits per heavy atom. The summed E-state index contributed by atoms with van der Waals surface area (Å²) < 4.78 is 10.2. The molecule has 19 heavy (non-hydrogen) atoms. The Labute approximate surface area is 116 Å². The van der Waals surface area contributed by atoms with Crippen molar-refractivity contribution in [2.75, 3.05) is 46.6 Å². The number of carbonyl (C=O) groups is 1. The maximum Gasteiger partial charge on any atom is 0.226 e. The standard InChI is InChI=1S/C14H28N2O3/c1-3-4-14(5-7-15-8-6-14)13(17)16-9-10-19-12-11-18-2/h15H,3-12H2,1-2H3,(H,16,17). The lowest BCUT2D eigenvalue weighted by atomic mass is 9.74. The molecule has 0 radical (unpaired) electrons. The highest BCUT2D eigenvalue weighted by molar-refractivity contribution is 5.82. The first-order valence-electron chi connectivity index (χ1n) is 7.31. The SMILES string of the molecule is CCCC1(C(=O)NCCOCCOC)CCNCC1. The van der Waals surface area contributed by atoms with Gasteiger partial charge in [0.05, 0.1) is 25.2 Å². The molecular weight excluding hydrogens is 244 g/mol. The maximum atomic E-state index is 12.4. The number of carbonyl (C=O) groups excluding carboxylic acids is 1. The topological polar surface area (TPSA) is 59.6 Å². The molecule has 0 atom stereocenters.